The second-order valence-electron chi connectivity index (χ2n) is 6.68. The van der Waals surface area contributed by atoms with Crippen molar-refractivity contribution in [1.29, 1.82) is 0 Å². The maximum absolute atomic E-state index is 13.0. The lowest BCUT2D eigenvalue weighted by molar-refractivity contribution is -0.119. The molecule has 136 valence electrons. The number of nitrogens with zero attached hydrogens (tertiary/aromatic N) is 2. The van der Waals surface area contributed by atoms with Gasteiger partial charge in [0, 0.05) is 30.6 Å². The number of hydrogen-bond donors (Lipinski definition) is 2. The molecule has 6 nitrogen and oxygen atoms in total. The minimum Gasteiger partial charge on any atom is -0.465 e. The molecule has 2 amide bonds. The summed E-state index contributed by atoms with van der Waals surface area (Å²) in [5, 5.41) is 14.2. The van der Waals surface area contributed by atoms with Crippen molar-refractivity contribution in [2.75, 3.05) is 18.4 Å². The molecule has 27 heavy (non-hydrogen) atoms. The Hall–Kier alpha value is -3.41. The van der Waals surface area contributed by atoms with Gasteiger partial charge in [-0.15, -0.1) is 0 Å². The first-order valence-corrected chi connectivity index (χ1v) is 8.81. The van der Waals surface area contributed by atoms with Crippen molar-refractivity contribution in [3.05, 3.63) is 72.4 Å². The Kier molecular flexibility index (Phi) is 4.46. The van der Waals surface area contributed by atoms with E-state index in [1.165, 1.54) is 4.90 Å². The number of likely N-dealkylation sites (tertiary alicyclic amines) is 1. The van der Waals surface area contributed by atoms with Crippen molar-refractivity contribution in [2.45, 2.75) is 5.92 Å². The second kappa shape index (κ2) is 7.07. The summed E-state index contributed by atoms with van der Waals surface area (Å²) in [6.07, 6.45) is 0.652. The van der Waals surface area contributed by atoms with E-state index in [1.54, 1.807) is 6.20 Å². The fourth-order valence-corrected chi connectivity index (χ4v) is 3.69. The van der Waals surface area contributed by atoms with Gasteiger partial charge in [-0.3, -0.25) is 4.79 Å². The molecule has 1 saturated heterocycles. The van der Waals surface area contributed by atoms with Gasteiger partial charge < -0.3 is 15.3 Å². The highest BCUT2D eigenvalue weighted by Gasteiger charge is 2.40. The average Bonchev–Trinajstić information content (AvgIpc) is 3.15. The monoisotopic (exact) mass is 361 g/mol. The van der Waals surface area contributed by atoms with Crippen LogP contribution in [0.1, 0.15) is 11.5 Å². The van der Waals surface area contributed by atoms with E-state index in [9.17, 15) is 14.7 Å². The van der Waals surface area contributed by atoms with Crippen molar-refractivity contribution in [3.8, 4) is 0 Å². The Balaban J connectivity index is 1.63. The lowest BCUT2D eigenvalue weighted by Crippen LogP contribution is -2.31. The summed E-state index contributed by atoms with van der Waals surface area (Å²) in [4.78, 5) is 30.1. The minimum absolute atomic E-state index is 0.172. The zero-order valence-electron chi connectivity index (χ0n) is 14.6. The number of hydrogen-bond acceptors (Lipinski definition) is 3. The molecular formula is C21H19N3O3. The molecule has 4 rings (SSSR count). The van der Waals surface area contributed by atoms with Gasteiger partial charge >= 0.3 is 6.09 Å². The molecule has 0 bridgehead atoms. The first kappa shape index (κ1) is 17.0. The van der Waals surface area contributed by atoms with Crippen LogP contribution in [0, 0.1) is 5.92 Å². The Labute approximate surface area is 156 Å². The van der Waals surface area contributed by atoms with Crippen LogP contribution in [0.2, 0.25) is 0 Å². The fraction of sp³-hybridized carbons (Fsp3) is 0.190. The van der Waals surface area contributed by atoms with Crippen molar-refractivity contribution in [2.24, 2.45) is 5.92 Å². The quantitative estimate of drug-likeness (QED) is 0.747. The number of carbonyl (C=O) groups is 2. The topological polar surface area (TPSA) is 82.5 Å². The molecule has 2 unspecified atom stereocenters. The summed E-state index contributed by atoms with van der Waals surface area (Å²) in [6.45, 7) is 0.478. The third-order valence-electron chi connectivity index (χ3n) is 5.07. The standard InChI is InChI=1S/C21H19N3O3/c25-20(23-19-16-9-5-4-8-15(16)10-11-22-19)18-13-24(21(26)27)12-17(18)14-6-2-1-3-7-14/h1-11,17-18H,12-13H2,(H,26,27)(H,22,23,25). The van der Waals surface area contributed by atoms with Gasteiger partial charge in [0.2, 0.25) is 5.91 Å². The van der Waals surface area contributed by atoms with Gasteiger partial charge in [0.15, 0.2) is 0 Å². The van der Waals surface area contributed by atoms with Gasteiger partial charge in [0.05, 0.1) is 5.92 Å². The summed E-state index contributed by atoms with van der Waals surface area (Å²) in [6, 6.07) is 19.2. The Morgan fingerprint density at radius 1 is 1.00 bits per heavy atom. The molecule has 2 heterocycles. The number of amides is 2. The average molecular weight is 361 g/mol. The molecular weight excluding hydrogens is 342 g/mol. The highest BCUT2D eigenvalue weighted by atomic mass is 16.4. The highest BCUT2D eigenvalue weighted by molar-refractivity contribution is 6.01. The number of rotatable bonds is 3. The number of carbonyl (C=O) groups excluding carboxylic acids is 1. The number of aromatic nitrogens is 1. The lowest BCUT2D eigenvalue weighted by Gasteiger charge is -2.18. The number of pyridine rings is 1. The summed E-state index contributed by atoms with van der Waals surface area (Å²) in [5.41, 5.74) is 0.965. The van der Waals surface area contributed by atoms with Gasteiger partial charge in [-0.25, -0.2) is 9.78 Å². The molecule has 0 saturated carbocycles. The van der Waals surface area contributed by atoms with Gasteiger partial charge in [0.25, 0.3) is 0 Å². The second-order valence-corrected chi connectivity index (χ2v) is 6.68. The van der Waals surface area contributed by atoms with E-state index in [0.29, 0.717) is 12.4 Å². The van der Waals surface area contributed by atoms with Crippen LogP contribution in [0.15, 0.2) is 66.9 Å². The predicted octanol–water partition coefficient (Wildman–Crippen LogP) is 3.57. The summed E-state index contributed by atoms with van der Waals surface area (Å²) in [7, 11) is 0. The number of benzene rings is 2. The summed E-state index contributed by atoms with van der Waals surface area (Å²) in [5.74, 6) is -0.364. The third kappa shape index (κ3) is 3.33. The maximum atomic E-state index is 13.0. The number of nitrogens with one attached hydrogen (secondary N) is 1. The van der Waals surface area contributed by atoms with E-state index in [1.807, 2.05) is 60.7 Å². The molecule has 1 aromatic heterocycles. The molecule has 1 aliphatic rings. The largest absolute Gasteiger partial charge is 0.465 e. The van der Waals surface area contributed by atoms with Crippen LogP contribution in [-0.2, 0) is 4.79 Å². The number of carboxylic acid groups (broad SMARTS) is 1. The van der Waals surface area contributed by atoms with Crippen LogP contribution in [0.3, 0.4) is 0 Å². The lowest BCUT2D eigenvalue weighted by atomic mass is 9.88. The number of fused-ring (bicyclic) bond motifs is 1. The van der Waals surface area contributed by atoms with E-state index in [4.69, 9.17) is 0 Å². The van der Waals surface area contributed by atoms with Crippen molar-refractivity contribution in [3.63, 3.8) is 0 Å². The van der Waals surface area contributed by atoms with Crippen LogP contribution < -0.4 is 5.32 Å². The molecule has 0 aliphatic carbocycles. The van der Waals surface area contributed by atoms with Gasteiger partial charge in [-0.2, -0.15) is 0 Å². The van der Waals surface area contributed by atoms with E-state index in [2.05, 4.69) is 10.3 Å². The first-order chi connectivity index (χ1) is 13.1. The first-order valence-electron chi connectivity index (χ1n) is 8.81. The Morgan fingerprint density at radius 2 is 1.74 bits per heavy atom. The van der Waals surface area contributed by atoms with Crippen LogP contribution in [0.25, 0.3) is 10.8 Å². The zero-order valence-corrected chi connectivity index (χ0v) is 14.6. The molecule has 1 aliphatic heterocycles. The predicted molar refractivity (Wildman–Crippen MR) is 103 cm³/mol. The van der Waals surface area contributed by atoms with Crippen molar-refractivity contribution >= 4 is 28.6 Å². The van der Waals surface area contributed by atoms with Crippen LogP contribution in [0.4, 0.5) is 10.6 Å². The van der Waals surface area contributed by atoms with E-state index in [-0.39, 0.29) is 18.4 Å². The molecule has 2 N–H and O–H groups in total. The normalized spacial score (nSPS) is 19.2. The van der Waals surface area contributed by atoms with Gasteiger partial charge in [-0.05, 0) is 17.0 Å². The van der Waals surface area contributed by atoms with Crippen LogP contribution in [-0.4, -0.2) is 40.1 Å². The molecule has 3 aromatic rings. The fourth-order valence-electron chi connectivity index (χ4n) is 3.69. The zero-order chi connectivity index (χ0) is 18.8. The van der Waals surface area contributed by atoms with Crippen LogP contribution >= 0.6 is 0 Å². The van der Waals surface area contributed by atoms with Crippen molar-refractivity contribution in [1.82, 2.24) is 9.88 Å². The maximum Gasteiger partial charge on any atom is 0.407 e. The molecule has 2 atom stereocenters. The van der Waals surface area contributed by atoms with Crippen LogP contribution in [0.5, 0.6) is 0 Å². The SMILES string of the molecule is O=C(Nc1nccc2ccccc12)C1CN(C(=O)O)CC1c1ccccc1. The molecule has 0 radical (unpaired) electrons. The summed E-state index contributed by atoms with van der Waals surface area (Å²) >= 11 is 0. The smallest absolute Gasteiger partial charge is 0.407 e. The van der Waals surface area contributed by atoms with Crippen molar-refractivity contribution < 1.29 is 14.7 Å². The third-order valence-corrected chi connectivity index (χ3v) is 5.07. The minimum atomic E-state index is -1.01. The Morgan fingerprint density at radius 3 is 2.52 bits per heavy atom. The van der Waals surface area contributed by atoms with E-state index >= 15 is 0 Å². The van der Waals surface area contributed by atoms with Gasteiger partial charge in [-0.1, -0.05) is 54.6 Å². The van der Waals surface area contributed by atoms with E-state index < -0.39 is 12.0 Å². The molecule has 2 aromatic carbocycles. The summed E-state index contributed by atoms with van der Waals surface area (Å²) < 4.78 is 0. The molecule has 1 fully saturated rings. The highest BCUT2D eigenvalue weighted by Crippen LogP contribution is 2.34. The van der Waals surface area contributed by atoms with E-state index in [0.717, 1.165) is 16.3 Å². The molecule has 6 heteroatoms. The Bertz CT molecular complexity index is 985. The number of anilines is 1. The molecule has 0 spiro atoms. The van der Waals surface area contributed by atoms with Gasteiger partial charge in [0.1, 0.15) is 5.82 Å².